The van der Waals surface area contributed by atoms with Crippen LogP contribution >= 0.6 is 0 Å². The highest BCUT2D eigenvalue weighted by molar-refractivity contribution is 5.78. The van der Waals surface area contributed by atoms with Crippen molar-refractivity contribution < 1.29 is 14.1 Å². The van der Waals surface area contributed by atoms with E-state index in [1.54, 1.807) is 0 Å². The maximum absolute atomic E-state index is 5.91. The van der Waals surface area contributed by atoms with Gasteiger partial charge in [0.1, 0.15) is 6.61 Å². The summed E-state index contributed by atoms with van der Waals surface area (Å²) in [5, 5.41) is 4.26. The first-order valence-electron chi connectivity index (χ1n) is 8.33. The summed E-state index contributed by atoms with van der Waals surface area (Å²) in [6.45, 7) is 0.577. The summed E-state index contributed by atoms with van der Waals surface area (Å²) in [5.74, 6) is 0.774. The third-order valence-corrected chi connectivity index (χ3v) is 5.99. The average Bonchev–Trinajstić information content (AvgIpc) is 2.93. The van der Waals surface area contributed by atoms with Crippen LogP contribution in [0.25, 0.3) is 0 Å². The number of oxime groups is 1. The van der Waals surface area contributed by atoms with Crippen LogP contribution in [-0.2, 0) is 16.2 Å². The molecule has 2 saturated heterocycles. The van der Waals surface area contributed by atoms with Crippen LogP contribution in [0.4, 0.5) is 0 Å². The molecule has 0 N–H and O–H groups in total. The predicted octanol–water partition coefficient (Wildman–Crippen LogP) is 3.08. The first-order chi connectivity index (χ1) is 10.6. The van der Waals surface area contributed by atoms with Crippen LogP contribution in [0.5, 0.6) is 0 Å². The number of ether oxygens (including phenoxy) is 1. The molecule has 1 unspecified atom stereocenters. The molecule has 4 heteroatoms. The van der Waals surface area contributed by atoms with Gasteiger partial charge in [0.25, 0.3) is 0 Å². The molecular weight excluding hydrogens is 276 g/mol. The summed E-state index contributed by atoms with van der Waals surface area (Å²) in [5.41, 5.74) is 1.08. The van der Waals surface area contributed by atoms with Crippen molar-refractivity contribution >= 4 is 5.90 Å². The standard InChI is InChI=1S/C18H25N2O2/c1-20(2)15-8-9-16(20)11-18(10-15)12-17(19-22-18)21-13-14-6-4-3-5-7-14/h3-7,15-16H,8-13H2,1-2H3/q+1/t15-,16+,18?. The Morgan fingerprint density at radius 3 is 2.55 bits per heavy atom. The molecule has 1 aromatic rings. The molecule has 2 fully saturated rings. The fourth-order valence-corrected chi connectivity index (χ4v) is 4.49. The summed E-state index contributed by atoms with van der Waals surface area (Å²) in [6, 6.07) is 11.7. The van der Waals surface area contributed by atoms with E-state index in [4.69, 9.17) is 9.57 Å². The molecule has 0 saturated carbocycles. The normalized spacial score (nSPS) is 35.3. The smallest absolute Gasteiger partial charge is 0.230 e. The van der Waals surface area contributed by atoms with Crippen molar-refractivity contribution in [3.8, 4) is 0 Å². The first-order valence-corrected chi connectivity index (χ1v) is 8.33. The zero-order valence-electron chi connectivity index (χ0n) is 13.5. The Morgan fingerprint density at radius 2 is 1.86 bits per heavy atom. The minimum absolute atomic E-state index is 0.0916. The van der Waals surface area contributed by atoms with Gasteiger partial charge >= 0.3 is 0 Å². The summed E-state index contributed by atoms with van der Waals surface area (Å²) >= 11 is 0. The highest BCUT2D eigenvalue weighted by atomic mass is 16.7. The number of piperidine rings is 1. The van der Waals surface area contributed by atoms with Crippen molar-refractivity contribution in [3.05, 3.63) is 35.9 Å². The Labute approximate surface area is 132 Å². The number of quaternary nitrogens is 1. The SMILES string of the molecule is C[N+]1(C)[C@@H]2CC[C@H]1CC1(CC(OCc3ccccc3)=NO1)C2. The largest absolute Gasteiger partial charge is 0.474 e. The van der Waals surface area contributed by atoms with Crippen molar-refractivity contribution in [2.45, 2.75) is 56.4 Å². The lowest BCUT2D eigenvalue weighted by atomic mass is 9.82. The van der Waals surface area contributed by atoms with E-state index in [1.165, 1.54) is 18.4 Å². The lowest BCUT2D eigenvalue weighted by molar-refractivity contribution is -0.932. The fourth-order valence-electron chi connectivity index (χ4n) is 4.49. The average molecular weight is 301 g/mol. The van der Waals surface area contributed by atoms with Gasteiger partial charge in [-0.25, -0.2) is 0 Å². The van der Waals surface area contributed by atoms with Gasteiger partial charge in [-0.05, 0) is 5.56 Å². The number of fused-ring (bicyclic) bond motifs is 2. The van der Waals surface area contributed by atoms with Crippen LogP contribution in [0.2, 0.25) is 0 Å². The molecule has 3 heterocycles. The zero-order valence-corrected chi connectivity index (χ0v) is 13.5. The van der Waals surface area contributed by atoms with Gasteiger partial charge in [0.2, 0.25) is 5.90 Å². The molecular formula is C18H25N2O2+. The Morgan fingerprint density at radius 1 is 1.18 bits per heavy atom. The summed E-state index contributed by atoms with van der Waals surface area (Å²) in [4.78, 5) is 5.91. The first kappa shape index (κ1) is 14.1. The van der Waals surface area contributed by atoms with E-state index in [0.29, 0.717) is 18.7 Å². The zero-order chi connectivity index (χ0) is 15.2. The number of hydrogen-bond acceptors (Lipinski definition) is 3. The van der Waals surface area contributed by atoms with Crippen LogP contribution < -0.4 is 0 Å². The third kappa shape index (κ3) is 2.30. The van der Waals surface area contributed by atoms with Crippen LogP contribution in [0.1, 0.15) is 37.7 Å². The minimum atomic E-state index is -0.0916. The van der Waals surface area contributed by atoms with Crippen LogP contribution in [0.3, 0.4) is 0 Å². The van der Waals surface area contributed by atoms with Gasteiger partial charge in [0.05, 0.1) is 32.6 Å². The van der Waals surface area contributed by atoms with Gasteiger partial charge in [-0.1, -0.05) is 35.5 Å². The minimum Gasteiger partial charge on any atom is -0.474 e. The van der Waals surface area contributed by atoms with E-state index >= 15 is 0 Å². The molecule has 118 valence electrons. The second kappa shape index (κ2) is 4.98. The molecule has 3 atom stereocenters. The summed E-state index contributed by atoms with van der Waals surface area (Å²) < 4.78 is 7.04. The molecule has 0 radical (unpaired) electrons. The second-order valence-electron chi connectivity index (χ2n) is 7.63. The van der Waals surface area contributed by atoms with Crippen LogP contribution in [0, 0.1) is 0 Å². The van der Waals surface area contributed by atoms with E-state index in [0.717, 1.165) is 29.6 Å². The van der Waals surface area contributed by atoms with Crippen molar-refractivity contribution in [2.75, 3.05) is 14.1 Å². The number of benzene rings is 1. The summed E-state index contributed by atoms with van der Waals surface area (Å²) in [7, 11) is 4.75. The molecule has 1 aromatic carbocycles. The lowest BCUT2D eigenvalue weighted by Crippen LogP contribution is -2.59. The number of hydrogen-bond donors (Lipinski definition) is 0. The molecule has 22 heavy (non-hydrogen) atoms. The monoisotopic (exact) mass is 301 g/mol. The Bertz CT molecular complexity index is 566. The number of nitrogens with zero attached hydrogens (tertiary/aromatic N) is 2. The highest BCUT2D eigenvalue weighted by Gasteiger charge is 2.58. The maximum atomic E-state index is 5.91. The predicted molar refractivity (Wildman–Crippen MR) is 85.3 cm³/mol. The van der Waals surface area contributed by atoms with Gasteiger partial charge in [-0.2, -0.15) is 0 Å². The third-order valence-electron chi connectivity index (χ3n) is 5.99. The molecule has 4 rings (SSSR count). The summed E-state index contributed by atoms with van der Waals surface area (Å²) in [6.07, 6.45) is 5.70. The molecule has 0 aromatic heterocycles. The van der Waals surface area contributed by atoms with E-state index in [9.17, 15) is 0 Å². The number of rotatable bonds is 2. The van der Waals surface area contributed by atoms with Crippen LogP contribution in [0.15, 0.2) is 35.5 Å². The molecule has 3 aliphatic rings. The lowest BCUT2D eigenvalue weighted by Gasteiger charge is -2.47. The van der Waals surface area contributed by atoms with Crippen molar-refractivity contribution in [3.63, 3.8) is 0 Å². The van der Waals surface area contributed by atoms with Crippen molar-refractivity contribution in [2.24, 2.45) is 5.16 Å². The topological polar surface area (TPSA) is 30.8 Å². The molecule has 2 bridgehead atoms. The molecule has 3 aliphatic heterocycles. The van der Waals surface area contributed by atoms with Gasteiger partial charge in [-0.15, -0.1) is 0 Å². The van der Waals surface area contributed by atoms with Gasteiger partial charge < -0.3 is 14.1 Å². The van der Waals surface area contributed by atoms with E-state index in [1.807, 2.05) is 18.2 Å². The maximum Gasteiger partial charge on any atom is 0.230 e. The van der Waals surface area contributed by atoms with Gasteiger partial charge in [-0.3, -0.25) is 0 Å². The van der Waals surface area contributed by atoms with Gasteiger partial charge in [0, 0.05) is 25.7 Å². The Hall–Kier alpha value is -1.55. The Balaban J connectivity index is 1.38. The molecule has 0 aliphatic carbocycles. The highest BCUT2D eigenvalue weighted by Crippen LogP contribution is 2.48. The van der Waals surface area contributed by atoms with E-state index in [2.05, 4.69) is 31.4 Å². The molecule has 1 spiro atoms. The Kier molecular flexibility index (Phi) is 3.19. The molecule has 0 amide bonds. The van der Waals surface area contributed by atoms with Gasteiger partial charge in [0.15, 0.2) is 5.60 Å². The van der Waals surface area contributed by atoms with Crippen molar-refractivity contribution in [1.29, 1.82) is 0 Å². The van der Waals surface area contributed by atoms with Crippen LogP contribution in [-0.4, -0.2) is 42.2 Å². The van der Waals surface area contributed by atoms with Crippen molar-refractivity contribution in [1.82, 2.24) is 0 Å². The van der Waals surface area contributed by atoms with E-state index in [-0.39, 0.29) is 5.60 Å². The molecule has 4 nitrogen and oxygen atoms in total. The quantitative estimate of drug-likeness (QED) is 0.786. The fraction of sp³-hybridized carbons (Fsp3) is 0.611. The van der Waals surface area contributed by atoms with E-state index < -0.39 is 0 Å². The second-order valence-corrected chi connectivity index (χ2v) is 7.63.